The first-order valence-corrected chi connectivity index (χ1v) is 10.4. The van der Waals surface area contributed by atoms with Crippen molar-refractivity contribution in [2.75, 3.05) is 26.7 Å². The molecule has 31 heavy (non-hydrogen) atoms. The molecular weight excluding hydrogens is 405 g/mol. The van der Waals surface area contributed by atoms with Crippen molar-refractivity contribution in [2.45, 2.75) is 38.8 Å². The molecule has 0 aliphatic carbocycles. The number of guanidine groups is 1. The Hall–Kier alpha value is -2.58. The summed E-state index contributed by atoms with van der Waals surface area (Å²) in [5, 5.41) is 6.39. The topological polar surface area (TPSA) is 48.9 Å². The van der Waals surface area contributed by atoms with Gasteiger partial charge in [-0.25, -0.2) is 0 Å². The van der Waals surface area contributed by atoms with Gasteiger partial charge in [0.1, 0.15) is 0 Å². The van der Waals surface area contributed by atoms with Crippen molar-refractivity contribution in [3.8, 4) is 0 Å². The quantitative estimate of drug-likeness (QED) is 0.537. The molecule has 1 aliphatic heterocycles. The molecule has 3 rings (SSSR count). The number of ether oxygens (including phenoxy) is 1. The average Bonchev–Trinajstić information content (AvgIpc) is 2.74. The Morgan fingerprint density at radius 1 is 1.06 bits per heavy atom. The molecule has 1 fully saturated rings. The SMILES string of the molecule is CN=C(NCc1ccc(C(F)(F)F)cc1)NCc1cccc(CN2CCOC(C)C2)c1. The van der Waals surface area contributed by atoms with Crippen LogP contribution in [0.1, 0.15) is 29.2 Å². The fourth-order valence-corrected chi connectivity index (χ4v) is 3.53. The van der Waals surface area contributed by atoms with E-state index < -0.39 is 11.7 Å². The van der Waals surface area contributed by atoms with Gasteiger partial charge in [-0.15, -0.1) is 0 Å². The van der Waals surface area contributed by atoms with Gasteiger partial charge in [-0.2, -0.15) is 13.2 Å². The first kappa shape index (κ1) is 23.1. The van der Waals surface area contributed by atoms with Gasteiger partial charge in [-0.3, -0.25) is 9.89 Å². The molecule has 1 heterocycles. The summed E-state index contributed by atoms with van der Waals surface area (Å²) in [6.45, 7) is 6.60. The normalized spacial score (nSPS) is 18.1. The number of halogens is 3. The van der Waals surface area contributed by atoms with E-state index in [0.29, 0.717) is 19.0 Å². The predicted molar refractivity (Wildman–Crippen MR) is 116 cm³/mol. The molecule has 0 bridgehead atoms. The van der Waals surface area contributed by atoms with Crippen LogP contribution >= 0.6 is 0 Å². The molecule has 5 nitrogen and oxygen atoms in total. The summed E-state index contributed by atoms with van der Waals surface area (Å²) in [5.41, 5.74) is 2.49. The smallest absolute Gasteiger partial charge is 0.376 e. The highest BCUT2D eigenvalue weighted by Gasteiger charge is 2.29. The summed E-state index contributed by atoms with van der Waals surface area (Å²) in [6, 6.07) is 13.5. The maximum Gasteiger partial charge on any atom is 0.416 e. The van der Waals surface area contributed by atoms with Gasteiger partial charge in [0.25, 0.3) is 0 Å². The monoisotopic (exact) mass is 434 g/mol. The molecular formula is C23H29F3N4O. The summed E-state index contributed by atoms with van der Waals surface area (Å²) in [4.78, 5) is 6.59. The zero-order valence-corrected chi connectivity index (χ0v) is 17.9. The van der Waals surface area contributed by atoms with Gasteiger partial charge >= 0.3 is 6.18 Å². The number of morpholine rings is 1. The molecule has 1 saturated heterocycles. The first-order chi connectivity index (χ1) is 14.8. The van der Waals surface area contributed by atoms with Crippen LogP contribution in [-0.4, -0.2) is 43.7 Å². The fourth-order valence-electron chi connectivity index (χ4n) is 3.53. The third-order valence-electron chi connectivity index (χ3n) is 5.15. The summed E-state index contributed by atoms with van der Waals surface area (Å²) in [7, 11) is 1.66. The number of alkyl halides is 3. The van der Waals surface area contributed by atoms with E-state index in [-0.39, 0.29) is 6.10 Å². The van der Waals surface area contributed by atoms with Crippen LogP contribution in [0.4, 0.5) is 13.2 Å². The van der Waals surface area contributed by atoms with Gasteiger partial charge in [-0.1, -0.05) is 36.4 Å². The summed E-state index contributed by atoms with van der Waals surface area (Å²) in [6.07, 6.45) is -4.06. The second-order valence-corrected chi connectivity index (χ2v) is 7.71. The molecule has 2 aromatic carbocycles. The zero-order valence-electron chi connectivity index (χ0n) is 17.9. The lowest BCUT2D eigenvalue weighted by atomic mass is 10.1. The Morgan fingerprint density at radius 2 is 1.74 bits per heavy atom. The molecule has 1 unspecified atom stereocenters. The highest BCUT2D eigenvalue weighted by Crippen LogP contribution is 2.29. The lowest BCUT2D eigenvalue weighted by Crippen LogP contribution is -2.40. The standard InChI is InChI=1S/C23H29F3N4O/c1-17-15-30(10-11-31-17)16-20-5-3-4-19(12-20)14-29-22(27-2)28-13-18-6-8-21(9-7-18)23(24,25)26/h3-9,12,17H,10-11,13-16H2,1-2H3,(H2,27,28,29). The number of benzene rings is 2. The van der Waals surface area contributed by atoms with E-state index in [2.05, 4.69) is 51.7 Å². The van der Waals surface area contributed by atoms with E-state index in [9.17, 15) is 13.2 Å². The van der Waals surface area contributed by atoms with Crippen LogP contribution in [0.25, 0.3) is 0 Å². The third kappa shape index (κ3) is 7.25. The number of nitrogens with one attached hydrogen (secondary N) is 2. The largest absolute Gasteiger partial charge is 0.416 e. The molecule has 0 saturated carbocycles. The molecule has 2 N–H and O–H groups in total. The van der Waals surface area contributed by atoms with Crippen molar-refractivity contribution >= 4 is 5.96 Å². The van der Waals surface area contributed by atoms with Gasteiger partial charge in [0, 0.05) is 39.8 Å². The van der Waals surface area contributed by atoms with Crippen molar-refractivity contribution in [3.63, 3.8) is 0 Å². The van der Waals surface area contributed by atoms with E-state index >= 15 is 0 Å². The van der Waals surface area contributed by atoms with Crippen LogP contribution in [0.3, 0.4) is 0 Å². The summed E-state index contributed by atoms with van der Waals surface area (Å²) in [5.74, 6) is 0.590. The van der Waals surface area contributed by atoms with Gasteiger partial charge in [0.2, 0.25) is 0 Å². The number of aliphatic imine (C=N–C) groups is 1. The minimum Gasteiger partial charge on any atom is -0.376 e. The Balaban J connectivity index is 1.49. The van der Waals surface area contributed by atoms with Crippen molar-refractivity contribution in [1.29, 1.82) is 0 Å². The van der Waals surface area contributed by atoms with Crippen LogP contribution in [0.2, 0.25) is 0 Å². The van der Waals surface area contributed by atoms with E-state index in [1.165, 1.54) is 17.7 Å². The molecule has 0 aromatic heterocycles. The number of hydrogen-bond donors (Lipinski definition) is 2. The summed E-state index contributed by atoms with van der Waals surface area (Å²) < 4.78 is 43.6. The second kappa shape index (κ2) is 10.6. The Labute approximate surface area is 181 Å². The van der Waals surface area contributed by atoms with Gasteiger partial charge in [0.15, 0.2) is 5.96 Å². The molecule has 0 spiro atoms. The van der Waals surface area contributed by atoms with E-state index in [1.54, 1.807) is 7.05 Å². The number of nitrogens with zero attached hydrogens (tertiary/aromatic N) is 2. The van der Waals surface area contributed by atoms with E-state index in [0.717, 1.165) is 49.5 Å². The minimum atomic E-state index is -4.32. The van der Waals surface area contributed by atoms with Crippen molar-refractivity contribution in [1.82, 2.24) is 15.5 Å². The second-order valence-electron chi connectivity index (χ2n) is 7.71. The molecule has 1 atom stereocenters. The third-order valence-corrected chi connectivity index (χ3v) is 5.15. The number of rotatable bonds is 6. The van der Waals surface area contributed by atoms with Crippen LogP contribution < -0.4 is 10.6 Å². The van der Waals surface area contributed by atoms with Gasteiger partial charge < -0.3 is 15.4 Å². The minimum absolute atomic E-state index is 0.262. The highest BCUT2D eigenvalue weighted by atomic mass is 19.4. The predicted octanol–water partition coefficient (Wildman–Crippen LogP) is 3.79. The Morgan fingerprint density at radius 3 is 2.39 bits per heavy atom. The number of hydrogen-bond acceptors (Lipinski definition) is 3. The van der Waals surface area contributed by atoms with Crippen molar-refractivity contribution in [3.05, 3.63) is 70.8 Å². The van der Waals surface area contributed by atoms with Crippen molar-refractivity contribution < 1.29 is 17.9 Å². The van der Waals surface area contributed by atoms with E-state index in [1.807, 2.05) is 0 Å². The zero-order chi connectivity index (χ0) is 22.3. The molecule has 1 aliphatic rings. The van der Waals surface area contributed by atoms with Crippen molar-refractivity contribution in [2.24, 2.45) is 4.99 Å². The first-order valence-electron chi connectivity index (χ1n) is 10.4. The summed E-state index contributed by atoms with van der Waals surface area (Å²) >= 11 is 0. The van der Waals surface area contributed by atoms with Crippen LogP contribution in [0, 0.1) is 0 Å². The van der Waals surface area contributed by atoms with E-state index in [4.69, 9.17) is 4.74 Å². The Bertz CT molecular complexity index is 868. The van der Waals surface area contributed by atoms with Gasteiger partial charge in [0.05, 0.1) is 18.3 Å². The van der Waals surface area contributed by atoms with Crippen LogP contribution in [0.5, 0.6) is 0 Å². The fraction of sp³-hybridized carbons (Fsp3) is 0.435. The maximum atomic E-state index is 12.7. The maximum absolute atomic E-state index is 12.7. The molecule has 0 amide bonds. The molecule has 8 heteroatoms. The van der Waals surface area contributed by atoms with Crippen LogP contribution in [0.15, 0.2) is 53.5 Å². The molecule has 2 aromatic rings. The Kier molecular flexibility index (Phi) is 7.92. The highest BCUT2D eigenvalue weighted by molar-refractivity contribution is 5.79. The molecule has 0 radical (unpaired) electrons. The molecule has 168 valence electrons. The average molecular weight is 435 g/mol. The van der Waals surface area contributed by atoms with Crippen LogP contribution in [-0.2, 0) is 30.5 Å². The van der Waals surface area contributed by atoms with Gasteiger partial charge in [-0.05, 0) is 35.7 Å². The lowest BCUT2D eigenvalue weighted by Gasteiger charge is -2.31. The lowest BCUT2D eigenvalue weighted by molar-refractivity contribution is -0.137.